The van der Waals surface area contributed by atoms with Gasteiger partial charge in [-0.05, 0) is 50.0 Å². The van der Waals surface area contributed by atoms with Crippen molar-refractivity contribution in [2.75, 3.05) is 38.9 Å². The Kier molecular flexibility index (Phi) is 8.84. The Hall–Kier alpha value is -1.49. The Morgan fingerprint density at radius 3 is 2.70 bits per heavy atom. The number of hydrogen-bond donors (Lipinski definition) is 2. The maximum absolute atomic E-state index is 12.0. The van der Waals surface area contributed by atoms with Crippen molar-refractivity contribution in [3.8, 4) is 0 Å². The molecular formula is C20H36N6O3S. The second-order valence-electron chi connectivity index (χ2n) is 8.66. The van der Waals surface area contributed by atoms with Crippen LogP contribution < -0.4 is 10.6 Å². The van der Waals surface area contributed by atoms with E-state index in [4.69, 9.17) is 9.47 Å². The van der Waals surface area contributed by atoms with Crippen LogP contribution in [0, 0.1) is 0 Å². The summed E-state index contributed by atoms with van der Waals surface area (Å²) < 4.78 is 13.3. The lowest BCUT2D eigenvalue weighted by Gasteiger charge is -2.42. The van der Waals surface area contributed by atoms with Crippen LogP contribution in [0.1, 0.15) is 45.9 Å². The van der Waals surface area contributed by atoms with E-state index in [1.165, 1.54) is 6.08 Å². The van der Waals surface area contributed by atoms with Crippen LogP contribution in [0.15, 0.2) is 12.7 Å². The number of methoxy groups -OCH3 is 1. The number of hydrogen-bond acceptors (Lipinski definition) is 8. The van der Waals surface area contributed by atoms with Crippen molar-refractivity contribution < 1.29 is 14.3 Å². The monoisotopic (exact) mass is 440 g/mol. The SMILES string of the molecule is C=CC(=O)NC(C)(C)CC(C)(NCC1(OC)CCOCC1)c1nnnn1CCSC. The van der Waals surface area contributed by atoms with Gasteiger partial charge in [-0.15, -0.1) is 5.10 Å². The van der Waals surface area contributed by atoms with Gasteiger partial charge in [0.05, 0.1) is 17.7 Å². The molecule has 10 heteroatoms. The van der Waals surface area contributed by atoms with Crippen molar-refractivity contribution in [2.45, 2.75) is 63.3 Å². The number of aromatic nitrogens is 4. The zero-order valence-electron chi connectivity index (χ0n) is 18.9. The van der Waals surface area contributed by atoms with Crippen LogP contribution in [-0.4, -0.2) is 76.1 Å². The summed E-state index contributed by atoms with van der Waals surface area (Å²) in [5.41, 5.74) is -1.41. The van der Waals surface area contributed by atoms with Crippen LogP contribution in [0.5, 0.6) is 0 Å². The topological polar surface area (TPSA) is 103 Å². The third-order valence-electron chi connectivity index (χ3n) is 5.61. The summed E-state index contributed by atoms with van der Waals surface area (Å²) in [6.07, 6.45) is 5.57. The number of ether oxygens (including phenoxy) is 2. The molecule has 0 saturated carbocycles. The molecule has 30 heavy (non-hydrogen) atoms. The predicted octanol–water partition coefficient (Wildman–Crippen LogP) is 1.51. The van der Waals surface area contributed by atoms with Crippen LogP contribution in [-0.2, 0) is 26.4 Å². The van der Waals surface area contributed by atoms with Crippen LogP contribution >= 0.6 is 11.8 Å². The molecular weight excluding hydrogens is 404 g/mol. The van der Waals surface area contributed by atoms with Crippen LogP contribution in [0.3, 0.4) is 0 Å². The lowest BCUT2D eigenvalue weighted by atomic mass is 9.83. The van der Waals surface area contributed by atoms with E-state index in [-0.39, 0.29) is 11.5 Å². The van der Waals surface area contributed by atoms with Crippen molar-refractivity contribution in [1.29, 1.82) is 0 Å². The molecule has 1 unspecified atom stereocenters. The van der Waals surface area contributed by atoms with E-state index >= 15 is 0 Å². The number of tetrazole rings is 1. The first-order valence-corrected chi connectivity index (χ1v) is 11.7. The molecule has 9 nitrogen and oxygen atoms in total. The highest BCUT2D eigenvalue weighted by Crippen LogP contribution is 2.31. The number of nitrogens with zero attached hydrogens (tertiary/aromatic N) is 4. The quantitative estimate of drug-likeness (QED) is 0.472. The molecule has 1 amide bonds. The standard InChI is InChI=1S/C20H36N6O3S/c1-7-16(27)22-18(2,3)14-19(4,17-23-24-25-26(17)10-13-30-6)21-15-20(28-5)8-11-29-12-9-20/h7,21H,1,8-15H2,2-6H3,(H,22,27). The molecule has 1 saturated heterocycles. The van der Waals surface area contributed by atoms with Crippen molar-refractivity contribution in [3.63, 3.8) is 0 Å². The maximum Gasteiger partial charge on any atom is 0.243 e. The van der Waals surface area contributed by atoms with Gasteiger partial charge in [-0.25, -0.2) is 4.68 Å². The minimum Gasteiger partial charge on any atom is -0.381 e. The van der Waals surface area contributed by atoms with E-state index in [0.29, 0.717) is 32.7 Å². The molecule has 0 aliphatic carbocycles. The molecule has 1 fully saturated rings. The molecule has 2 heterocycles. The maximum atomic E-state index is 12.0. The minimum absolute atomic E-state index is 0.206. The molecule has 1 aromatic heterocycles. The minimum atomic E-state index is -0.594. The first-order chi connectivity index (χ1) is 14.2. The number of carbonyl (C=O) groups is 1. The molecule has 1 aliphatic rings. The van der Waals surface area contributed by atoms with Crippen molar-refractivity contribution in [3.05, 3.63) is 18.5 Å². The fraction of sp³-hybridized carbons (Fsp3) is 0.800. The Morgan fingerprint density at radius 2 is 2.10 bits per heavy atom. The summed E-state index contributed by atoms with van der Waals surface area (Å²) in [4.78, 5) is 12.0. The van der Waals surface area contributed by atoms with Gasteiger partial charge in [-0.3, -0.25) is 4.79 Å². The third-order valence-corrected chi connectivity index (χ3v) is 6.20. The summed E-state index contributed by atoms with van der Waals surface area (Å²) in [5.74, 6) is 1.45. The molecule has 170 valence electrons. The first kappa shape index (κ1) is 24.8. The Labute approximate surface area is 183 Å². The highest BCUT2D eigenvalue weighted by Gasteiger charge is 2.42. The van der Waals surface area contributed by atoms with Crippen molar-refractivity contribution in [1.82, 2.24) is 30.8 Å². The van der Waals surface area contributed by atoms with Gasteiger partial charge in [-0.2, -0.15) is 11.8 Å². The number of thioether (sulfide) groups is 1. The van der Waals surface area contributed by atoms with Gasteiger partial charge in [0, 0.05) is 51.0 Å². The van der Waals surface area contributed by atoms with Crippen molar-refractivity contribution >= 4 is 17.7 Å². The number of carbonyl (C=O) groups excluding carboxylic acids is 1. The number of amides is 1. The zero-order valence-corrected chi connectivity index (χ0v) is 19.7. The van der Waals surface area contributed by atoms with Gasteiger partial charge in [-0.1, -0.05) is 6.58 Å². The average molecular weight is 441 g/mol. The molecule has 0 aromatic carbocycles. The Balaban J connectivity index is 2.30. The third kappa shape index (κ3) is 6.50. The summed E-state index contributed by atoms with van der Waals surface area (Å²) in [5, 5.41) is 19.2. The molecule has 2 N–H and O–H groups in total. The second kappa shape index (κ2) is 10.7. The van der Waals surface area contributed by atoms with Crippen molar-refractivity contribution in [2.24, 2.45) is 0 Å². The Morgan fingerprint density at radius 1 is 1.40 bits per heavy atom. The highest BCUT2D eigenvalue weighted by atomic mass is 32.2. The van der Waals surface area contributed by atoms with E-state index in [2.05, 4.69) is 45.9 Å². The van der Waals surface area contributed by atoms with Gasteiger partial charge >= 0.3 is 0 Å². The van der Waals surface area contributed by atoms with E-state index in [1.54, 1.807) is 18.9 Å². The second-order valence-corrected chi connectivity index (χ2v) is 9.64. The van der Waals surface area contributed by atoms with Crippen LogP contribution in [0.25, 0.3) is 0 Å². The molecule has 0 spiro atoms. The largest absolute Gasteiger partial charge is 0.381 e. The molecule has 0 bridgehead atoms. The number of nitrogens with one attached hydrogen (secondary N) is 2. The summed E-state index contributed by atoms with van der Waals surface area (Å²) in [7, 11) is 1.75. The van der Waals surface area contributed by atoms with Gasteiger partial charge in [0.15, 0.2) is 5.82 Å². The summed E-state index contributed by atoms with van der Waals surface area (Å²) in [6.45, 7) is 12.3. The van der Waals surface area contributed by atoms with Gasteiger partial charge in [0.2, 0.25) is 5.91 Å². The lowest BCUT2D eigenvalue weighted by Crippen LogP contribution is -2.57. The smallest absolute Gasteiger partial charge is 0.243 e. The average Bonchev–Trinajstić information content (AvgIpc) is 3.20. The number of aryl methyl sites for hydroxylation is 1. The zero-order chi connectivity index (χ0) is 22.3. The molecule has 2 rings (SSSR count). The van der Waals surface area contributed by atoms with E-state index in [9.17, 15) is 4.79 Å². The van der Waals surface area contributed by atoms with Gasteiger partial charge < -0.3 is 20.1 Å². The molecule has 1 aromatic rings. The van der Waals surface area contributed by atoms with E-state index in [0.717, 1.165) is 24.4 Å². The molecule has 0 radical (unpaired) electrons. The number of rotatable bonds is 12. The van der Waals surface area contributed by atoms with Crippen LogP contribution in [0.4, 0.5) is 0 Å². The van der Waals surface area contributed by atoms with E-state index in [1.807, 2.05) is 18.5 Å². The fourth-order valence-corrected chi connectivity index (χ4v) is 4.37. The van der Waals surface area contributed by atoms with Gasteiger partial charge in [0.25, 0.3) is 0 Å². The predicted molar refractivity (Wildman–Crippen MR) is 118 cm³/mol. The highest BCUT2D eigenvalue weighted by molar-refractivity contribution is 7.98. The van der Waals surface area contributed by atoms with E-state index < -0.39 is 11.1 Å². The first-order valence-electron chi connectivity index (χ1n) is 10.3. The molecule has 1 aliphatic heterocycles. The van der Waals surface area contributed by atoms with Gasteiger partial charge in [0.1, 0.15) is 0 Å². The summed E-state index contributed by atoms with van der Waals surface area (Å²) in [6, 6.07) is 0. The van der Waals surface area contributed by atoms with Crippen LogP contribution in [0.2, 0.25) is 0 Å². The summed E-state index contributed by atoms with van der Waals surface area (Å²) >= 11 is 1.74. The molecule has 1 atom stereocenters. The normalized spacial score (nSPS) is 18.6. The lowest BCUT2D eigenvalue weighted by molar-refractivity contribution is -0.118. The fourth-order valence-electron chi connectivity index (χ4n) is 4.01. The Bertz CT molecular complexity index is 704.